The Morgan fingerprint density at radius 3 is 2.50 bits per heavy atom. The van der Waals surface area contributed by atoms with Crippen molar-refractivity contribution in [1.29, 1.82) is 0 Å². The van der Waals surface area contributed by atoms with Crippen LogP contribution in [0.3, 0.4) is 0 Å². The van der Waals surface area contributed by atoms with Crippen LogP contribution >= 0.6 is 11.3 Å². The van der Waals surface area contributed by atoms with Crippen molar-refractivity contribution in [2.24, 2.45) is 4.99 Å². The van der Waals surface area contributed by atoms with E-state index in [-0.39, 0.29) is 5.56 Å². The Morgan fingerprint density at radius 1 is 1.12 bits per heavy atom. The molecule has 8 heteroatoms. The second kappa shape index (κ2) is 9.40. The van der Waals surface area contributed by atoms with Gasteiger partial charge in [-0.25, -0.2) is 9.79 Å². The molecule has 2 aromatic carbocycles. The minimum atomic E-state index is -0.587. The molecule has 2 aliphatic rings. The highest BCUT2D eigenvalue weighted by atomic mass is 32.1. The zero-order chi connectivity index (χ0) is 23.7. The number of anilines is 1. The number of ether oxygens (including phenoxy) is 2. The molecule has 1 fully saturated rings. The number of aromatic nitrogens is 1. The van der Waals surface area contributed by atoms with Gasteiger partial charge in [0.1, 0.15) is 0 Å². The van der Waals surface area contributed by atoms with Gasteiger partial charge in [0.05, 0.1) is 42.2 Å². The molecule has 174 valence electrons. The van der Waals surface area contributed by atoms with Crippen LogP contribution < -0.4 is 19.8 Å². The summed E-state index contributed by atoms with van der Waals surface area (Å²) in [6, 6.07) is 17.1. The summed E-state index contributed by atoms with van der Waals surface area (Å²) < 4.78 is 12.6. The molecule has 0 N–H and O–H groups in total. The standard InChI is InChI=1S/C26H25N3O4S/c1-17-22(25(31)32-2)23(19-6-4-3-5-7-19)29-24(30)21(34-26(29)27-17)16-18-8-10-20(11-9-18)28-12-14-33-15-13-28/h3-11,16,23H,12-15H2,1-2H3. The molecule has 1 aromatic heterocycles. The molecule has 1 unspecified atom stereocenters. The molecule has 0 amide bonds. The smallest absolute Gasteiger partial charge is 0.338 e. The van der Waals surface area contributed by atoms with Gasteiger partial charge in [0.2, 0.25) is 0 Å². The number of hydrogen-bond donors (Lipinski definition) is 0. The molecule has 0 radical (unpaired) electrons. The number of allylic oxidation sites excluding steroid dienone is 1. The van der Waals surface area contributed by atoms with Crippen molar-refractivity contribution in [3.8, 4) is 0 Å². The van der Waals surface area contributed by atoms with E-state index in [4.69, 9.17) is 9.47 Å². The van der Waals surface area contributed by atoms with Gasteiger partial charge in [0.25, 0.3) is 5.56 Å². The summed E-state index contributed by atoms with van der Waals surface area (Å²) in [5, 5.41) is 0. The fourth-order valence-corrected chi connectivity index (χ4v) is 5.44. The maximum atomic E-state index is 13.6. The van der Waals surface area contributed by atoms with E-state index in [1.54, 1.807) is 11.5 Å². The highest BCUT2D eigenvalue weighted by molar-refractivity contribution is 7.07. The number of fused-ring (bicyclic) bond motifs is 1. The molecule has 3 aromatic rings. The third kappa shape index (κ3) is 4.10. The lowest BCUT2D eigenvalue weighted by atomic mass is 9.96. The zero-order valence-electron chi connectivity index (χ0n) is 19.1. The Kier molecular flexibility index (Phi) is 6.17. The van der Waals surface area contributed by atoms with E-state index < -0.39 is 12.0 Å². The number of carbonyl (C=O) groups excluding carboxylic acids is 1. The van der Waals surface area contributed by atoms with Crippen molar-refractivity contribution in [3.63, 3.8) is 0 Å². The van der Waals surface area contributed by atoms with Gasteiger partial charge in [-0.3, -0.25) is 9.36 Å². The van der Waals surface area contributed by atoms with Crippen LogP contribution in [0.2, 0.25) is 0 Å². The lowest BCUT2D eigenvalue weighted by molar-refractivity contribution is -0.136. The number of benzene rings is 2. The van der Waals surface area contributed by atoms with Gasteiger partial charge in [0, 0.05) is 18.8 Å². The summed E-state index contributed by atoms with van der Waals surface area (Å²) in [5.41, 5.74) is 3.67. The number of rotatable bonds is 4. The monoisotopic (exact) mass is 475 g/mol. The third-order valence-electron chi connectivity index (χ3n) is 6.11. The lowest BCUT2D eigenvalue weighted by Crippen LogP contribution is -2.39. The SMILES string of the molecule is COC(=O)C1=C(C)N=c2sc(=Cc3ccc(N4CCOCC4)cc3)c(=O)n2C1c1ccccc1. The van der Waals surface area contributed by atoms with Crippen molar-refractivity contribution in [2.75, 3.05) is 38.3 Å². The van der Waals surface area contributed by atoms with Crippen molar-refractivity contribution in [3.05, 3.63) is 96.7 Å². The van der Waals surface area contributed by atoms with Gasteiger partial charge in [-0.15, -0.1) is 0 Å². The number of hydrogen-bond acceptors (Lipinski definition) is 7. The first-order valence-electron chi connectivity index (χ1n) is 11.2. The van der Waals surface area contributed by atoms with E-state index >= 15 is 0 Å². The Morgan fingerprint density at radius 2 is 1.82 bits per heavy atom. The largest absolute Gasteiger partial charge is 0.466 e. The van der Waals surface area contributed by atoms with Crippen LogP contribution in [0.1, 0.15) is 24.1 Å². The van der Waals surface area contributed by atoms with Gasteiger partial charge >= 0.3 is 5.97 Å². The molecule has 0 saturated carbocycles. The van der Waals surface area contributed by atoms with Crippen LogP contribution in [0.25, 0.3) is 6.08 Å². The number of thiazole rings is 1. The summed E-state index contributed by atoms with van der Waals surface area (Å²) >= 11 is 1.33. The van der Waals surface area contributed by atoms with Gasteiger partial charge in [-0.2, -0.15) is 0 Å². The summed E-state index contributed by atoms with van der Waals surface area (Å²) in [6.07, 6.45) is 1.88. The van der Waals surface area contributed by atoms with E-state index in [1.165, 1.54) is 18.4 Å². The maximum Gasteiger partial charge on any atom is 0.338 e. The average Bonchev–Trinajstić information content (AvgIpc) is 3.18. The van der Waals surface area contributed by atoms with Crippen LogP contribution in [-0.4, -0.2) is 43.9 Å². The first-order valence-corrected chi connectivity index (χ1v) is 12.0. The van der Waals surface area contributed by atoms with Crippen LogP contribution in [0.15, 0.2) is 75.7 Å². The zero-order valence-corrected chi connectivity index (χ0v) is 19.9. The number of morpholine rings is 1. The molecular formula is C26H25N3O4S. The normalized spacial score (nSPS) is 18.5. The Bertz CT molecular complexity index is 1420. The second-order valence-electron chi connectivity index (χ2n) is 8.18. The molecule has 0 aliphatic carbocycles. The predicted molar refractivity (Wildman–Crippen MR) is 132 cm³/mol. The van der Waals surface area contributed by atoms with Gasteiger partial charge < -0.3 is 14.4 Å². The lowest BCUT2D eigenvalue weighted by Gasteiger charge is -2.28. The van der Waals surface area contributed by atoms with E-state index in [1.807, 2.05) is 48.5 Å². The van der Waals surface area contributed by atoms with Crippen molar-refractivity contribution in [2.45, 2.75) is 13.0 Å². The molecule has 34 heavy (non-hydrogen) atoms. The summed E-state index contributed by atoms with van der Waals surface area (Å²) in [4.78, 5) is 33.7. The molecule has 7 nitrogen and oxygen atoms in total. The molecule has 0 spiro atoms. The van der Waals surface area contributed by atoms with Crippen molar-refractivity contribution < 1.29 is 14.3 Å². The topological polar surface area (TPSA) is 73.1 Å². The average molecular weight is 476 g/mol. The fraction of sp³-hybridized carbons (Fsp3) is 0.269. The molecule has 2 aliphatic heterocycles. The van der Waals surface area contributed by atoms with E-state index in [9.17, 15) is 9.59 Å². The second-order valence-corrected chi connectivity index (χ2v) is 9.18. The Balaban J connectivity index is 1.58. The number of esters is 1. The predicted octanol–water partition coefficient (Wildman–Crippen LogP) is 2.24. The highest BCUT2D eigenvalue weighted by Gasteiger charge is 2.32. The van der Waals surface area contributed by atoms with Gasteiger partial charge in [-0.05, 0) is 36.3 Å². The van der Waals surface area contributed by atoms with Crippen molar-refractivity contribution in [1.82, 2.24) is 4.57 Å². The Hall–Kier alpha value is -3.49. The molecular weight excluding hydrogens is 450 g/mol. The van der Waals surface area contributed by atoms with Crippen LogP contribution in [0.5, 0.6) is 0 Å². The molecule has 0 bridgehead atoms. The number of nitrogens with zero attached hydrogens (tertiary/aromatic N) is 3. The molecule has 1 saturated heterocycles. The first-order chi connectivity index (χ1) is 16.6. The van der Waals surface area contributed by atoms with Crippen molar-refractivity contribution >= 4 is 29.1 Å². The van der Waals surface area contributed by atoms with Crippen LogP contribution in [0, 0.1) is 0 Å². The first kappa shape index (κ1) is 22.3. The number of carbonyl (C=O) groups is 1. The quantitative estimate of drug-likeness (QED) is 0.542. The fourth-order valence-electron chi connectivity index (χ4n) is 4.40. The highest BCUT2D eigenvalue weighted by Crippen LogP contribution is 2.30. The summed E-state index contributed by atoms with van der Waals surface area (Å²) in [5.74, 6) is -0.483. The third-order valence-corrected chi connectivity index (χ3v) is 7.09. The van der Waals surface area contributed by atoms with Crippen LogP contribution in [0.4, 0.5) is 5.69 Å². The molecule has 3 heterocycles. The minimum absolute atomic E-state index is 0.177. The van der Waals surface area contributed by atoms with E-state index in [0.29, 0.717) is 20.6 Å². The summed E-state index contributed by atoms with van der Waals surface area (Å²) in [7, 11) is 1.34. The van der Waals surface area contributed by atoms with E-state index in [2.05, 4.69) is 22.0 Å². The maximum absolute atomic E-state index is 13.6. The summed E-state index contributed by atoms with van der Waals surface area (Å²) in [6.45, 7) is 5.00. The van der Waals surface area contributed by atoms with Gasteiger partial charge in [0.15, 0.2) is 4.80 Å². The van der Waals surface area contributed by atoms with E-state index in [0.717, 1.165) is 43.1 Å². The minimum Gasteiger partial charge on any atom is -0.466 e. The Labute approximate surface area is 200 Å². The number of methoxy groups -OCH3 is 1. The molecule has 1 atom stereocenters. The van der Waals surface area contributed by atoms with Crippen LogP contribution in [-0.2, 0) is 14.3 Å². The molecule has 5 rings (SSSR count). The van der Waals surface area contributed by atoms with Gasteiger partial charge in [-0.1, -0.05) is 53.8 Å².